The summed E-state index contributed by atoms with van der Waals surface area (Å²) in [7, 11) is 4.12. The van der Waals surface area contributed by atoms with Gasteiger partial charge in [-0.05, 0) is 39.1 Å². The Balaban J connectivity index is 1.55. The van der Waals surface area contributed by atoms with Crippen LogP contribution in [0.5, 0.6) is 0 Å². The maximum atomic E-state index is 12.4. The van der Waals surface area contributed by atoms with E-state index in [0.29, 0.717) is 17.2 Å². The van der Waals surface area contributed by atoms with E-state index in [9.17, 15) is 14.4 Å². The van der Waals surface area contributed by atoms with Crippen LogP contribution in [0.3, 0.4) is 0 Å². The smallest absolute Gasteiger partial charge is 0.261 e. The number of nitrogens with zero attached hydrogens (tertiary/aromatic N) is 3. The molecule has 1 aromatic carbocycles. The van der Waals surface area contributed by atoms with Gasteiger partial charge < -0.3 is 9.80 Å². The number of carbonyl (C=O) groups is 3. The van der Waals surface area contributed by atoms with E-state index in [-0.39, 0.29) is 30.7 Å². The Bertz CT molecular complexity index is 628. The number of rotatable bonds is 4. The van der Waals surface area contributed by atoms with Gasteiger partial charge in [0.15, 0.2) is 0 Å². The number of fused-ring (bicyclic) bond motifs is 1. The second-order valence-corrected chi connectivity index (χ2v) is 6.63. The Morgan fingerprint density at radius 1 is 1.08 bits per heavy atom. The summed E-state index contributed by atoms with van der Waals surface area (Å²) in [5.41, 5.74) is 0.864. The molecule has 1 aromatic rings. The molecule has 0 aromatic heterocycles. The van der Waals surface area contributed by atoms with Gasteiger partial charge in [0.1, 0.15) is 0 Å². The molecule has 0 bridgehead atoms. The van der Waals surface area contributed by atoms with Crippen LogP contribution in [0.2, 0.25) is 0 Å². The van der Waals surface area contributed by atoms with Crippen LogP contribution in [-0.4, -0.2) is 72.2 Å². The Morgan fingerprint density at radius 2 is 1.62 bits per heavy atom. The number of hydrogen-bond donors (Lipinski definition) is 0. The molecule has 0 atom stereocenters. The fourth-order valence-electron chi connectivity index (χ4n) is 3.44. The highest BCUT2D eigenvalue weighted by Crippen LogP contribution is 2.23. The van der Waals surface area contributed by atoms with Gasteiger partial charge in [0.25, 0.3) is 11.8 Å². The average molecular weight is 329 g/mol. The van der Waals surface area contributed by atoms with Crippen molar-refractivity contribution < 1.29 is 14.4 Å². The van der Waals surface area contributed by atoms with E-state index < -0.39 is 0 Å². The third-order valence-electron chi connectivity index (χ3n) is 4.97. The van der Waals surface area contributed by atoms with Gasteiger partial charge in [-0.2, -0.15) is 0 Å². The molecular formula is C18H23N3O3. The molecule has 6 heteroatoms. The normalized spacial score (nSPS) is 18.5. The first kappa shape index (κ1) is 16.6. The van der Waals surface area contributed by atoms with Crippen molar-refractivity contribution in [2.24, 2.45) is 0 Å². The van der Waals surface area contributed by atoms with E-state index in [2.05, 4.69) is 19.0 Å². The lowest BCUT2D eigenvalue weighted by molar-refractivity contribution is -0.132. The summed E-state index contributed by atoms with van der Waals surface area (Å²) in [5, 5.41) is 0. The van der Waals surface area contributed by atoms with Crippen molar-refractivity contribution in [1.29, 1.82) is 0 Å². The van der Waals surface area contributed by atoms with E-state index in [1.165, 1.54) is 4.90 Å². The molecule has 1 saturated heterocycles. The lowest BCUT2D eigenvalue weighted by atomic mass is 10.0. The number of hydrogen-bond acceptors (Lipinski definition) is 4. The molecule has 0 N–H and O–H groups in total. The van der Waals surface area contributed by atoms with Crippen LogP contribution >= 0.6 is 0 Å². The number of imide groups is 1. The zero-order chi connectivity index (χ0) is 17.3. The van der Waals surface area contributed by atoms with E-state index in [4.69, 9.17) is 0 Å². The molecule has 128 valence electrons. The molecule has 0 saturated carbocycles. The van der Waals surface area contributed by atoms with Gasteiger partial charge in [0.2, 0.25) is 5.91 Å². The molecule has 3 rings (SSSR count). The van der Waals surface area contributed by atoms with Crippen LogP contribution in [0.1, 0.15) is 40.0 Å². The maximum Gasteiger partial charge on any atom is 0.261 e. The zero-order valence-corrected chi connectivity index (χ0v) is 14.2. The van der Waals surface area contributed by atoms with Crippen molar-refractivity contribution in [2.75, 3.05) is 33.7 Å². The lowest BCUT2D eigenvalue weighted by Gasteiger charge is -2.35. The second kappa shape index (κ2) is 6.73. The highest BCUT2D eigenvalue weighted by atomic mass is 16.2. The fraction of sp³-hybridized carbons (Fsp3) is 0.500. The molecule has 0 radical (unpaired) electrons. The molecule has 3 amide bonds. The number of likely N-dealkylation sites (tertiary alicyclic amines) is 1. The Labute approximate surface area is 142 Å². The number of carbonyl (C=O) groups excluding carboxylic acids is 3. The molecule has 2 heterocycles. The van der Waals surface area contributed by atoms with Crippen molar-refractivity contribution in [1.82, 2.24) is 14.7 Å². The number of piperidine rings is 1. The first-order chi connectivity index (χ1) is 11.5. The molecule has 1 fully saturated rings. The van der Waals surface area contributed by atoms with Crippen LogP contribution in [-0.2, 0) is 4.79 Å². The van der Waals surface area contributed by atoms with Gasteiger partial charge >= 0.3 is 0 Å². The second-order valence-electron chi connectivity index (χ2n) is 6.63. The van der Waals surface area contributed by atoms with Gasteiger partial charge in [-0.3, -0.25) is 19.3 Å². The Hall–Kier alpha value is -2.21. The predicted octanol–water partition coefficient (Wildman–Crippen LogP) is 1.23. The summed E-state index contributed by atoms with van der Waals surface area (Å²) in [6.07, 6.45) is 2.12. The molecule has 0 unspecified atom stereocenters. The molecule has 0 aliphatic carbocycles. The van der Waals surface area contributed by atoms with Crippen molar-refractivity contribution in [3.8, 4) is 0 Å². The first-order valence-corrected chi connectivity index (χ1v) is 8.38. The first-order valence-electron chi connectivity index (χ1n) is 8.38. The SMILES string of the molecule is CN(C)C1CCN(C(=O)CCN2C(=O)c3ccccc3C2=O)CC1. The van der Waals surface area contributed by atoms with Crippen LogP contribution < -0.4 is 0 Å². The zero-order valence-electron chi connectivity index (χ0n) is 14.2. The average Bonchev–Trinajstić information content (AvgIpc) is 2.84. The van der Waals surface area contributed by atoms with Crippen LogP contribution in [0.15, 0.2) is 24.3 Å². The van der Waals surface area contributed by atoms with Crippen molar-refractivity contribution in [3.63, 3.8) is 0 Å². The largest absolute Gasteiger partial charge is 0.343 e. The molecule has 0 spiro atoms. The minimum Gasteiger partial charge on any atom is -0.343 e. The molecular weight excluding hydrogens is 306 g/mol. The van der Waals surface area contributed by atoms with Gasteiger partial charge in [-0.1, -0.05) is 12.1 Å². The van der Waals surface area contributed by atoms with Crippen molar-refractivity contribution >= 4 is 17.7 Å². The third kappa shape index (κ3) is 3.06. The van der Waals surface area contributed by atoms with Gasteiger partial charge in [-0.15, -0.1) is 0 Å². The Morgan fingerprint density at radius 3 is 2.12 bits per heavy atom. The summed E-state index contributed by atoms with van der Waals surface area (Å²) in [6.45, 7) is 1.63. The molecule has 2 aliphatic heterocycles. The fourth-order valence-corrected chi connectivity index (χ4v) is 3.44. The highest BCUT2D eigenvalue weighted by molar-refractivity contribution is 6.21. The minimum absolute atomic E-state index is 0.0174. The van der Waals surface area contributed by atoms with E-state index in [1.54, 1.807) is 24.3 Å². The quantitative estimate of drug-likeness (QED) is 0.780. The summed E-state index contributed by atoms with van der Waals surface area (Å²) in [4.78, 5) is 42.2. The van der Waals surface area contributed by atoms with Gasteiger partial charge in [0.05, 0.1) is 11.1 Å². The van der Waals surface area contributed by atoms with E-state index in [1.807, 2.05) is 4.90 Å². The van der Waals surface area contributed by atoms with E-state index in [0.717, 1.165) is 25.9 Å². The van der Waals surface area contributed by atoms with Gasteiger partial charge in [-0.25, -0.2) is 0 Å². The molecule has 24 heavy (non-hydrogen) atoms. The highest BCUT2D eigenvalue weighted by Gasteiger charge is 2.35. The standard InChI is InChI=1S/C18H23N3O3/c1-19(2)13-7-10-20(11-8-13)16(22)9-12-21-17(23)14-5-3-4-6-15(14)18(21)24/h3-6,13H,7-12H2,1-2H3. The van der Waals surface area contributed by atoms with Gasteiger partial charge in [0, 0.05) is 32.1 Å². The molecule has 2 aliphatic rings. The van der Waals surface area contributed by atoms with Crippen molar-refractivity contribution in [3.05, 3.63) is 35.4 Å². The maximum absolute atomic E-state index is 12.4. The molecule has 6 nitrogen and oxygen atoms in total. The summed E-state index contributed by atoms with van der Waals surface area (Å²) >= 11 is 0. The number of benzene rings is 1. The summed E-state index contributed by atoms with van der Waals surface area (Å²) < 4.78 is 0. The van der Waals surface area contributed by atoms with Crippen LogP contribution in [0.25, 0.3) is 0 Å². The monoisotopic (exact) mass is 329 g/mol. The topological polar surface area (TPSA) is 60.9 Å². The summed E-state index contributed by atoms with van der Waals surface area (Å²) in [5.74, 6) is -0.576. The minimum atomic E-state index is -0.297. The third-order valence-corrected chi connectivity index (χ3v) is 4.97. The van der Waals surface area contributed by atoms with Crippen LogP contribution in [0, 0.1) is 0 Å². The van der Waals surface area contributed by atoms with Crippen molar-refractivity contribution in [2.45, 2.75) is 25.3 Å². The predicted molar refractivity (Wildman–Crippen MR) is 89.7 cm³/mol. The number of amides is 3. The Kier molecular flexibility index (Phi) is 4.66. The van der Waals surface area contributed by atoms with E-state index >= 15 is 0 Å². The van der Waals surface area contributed by atoms with Crippen LogP contribution in [0.4, 0.5) is 0 Å². The lowest BCUT2D eigenvalue weighted by Crippen LogP contribution is -2.45. The summed E-state index contributed by atoms with van der Waals surface area (Å²) in [6, 6.07) is 7.32.